The molecule has 0 aliphatic rings. The van der Waals surface area contributed by atoms with Crippen molar-refractivity contribution in [2.45, 2.75) is 6.42 Å². The maximum atomic E-state index is 11.2. The number of pyridine rings is 1. The lowest BCUT2D eigenvalue weighted by molar-refractivity contribution is 0.0693. The molecule has 5 nitrogen and oxygen atoms in total. The highest BCUT2D eigenvalue weighted by atomic mass is 16.4. The average Bonchev–Trinajstić information content (AvgIpc) is 2.78. The summed E-state index contributed by atoms with van der Waals surface area (Å²) >= 11 is 0. The van der Waals surface area contributed by atoms with Crippen LogP contribution in [0.4, 0.5) is 0 Å². The normalized spacial score (nSPS) is 10.8. The van der Waals surface area contributed by atoms with Gasteiger partial charge in [0.2, 0.25) is 0 Å². The van der Waals surface area contributed by atoms with Crippen LogP contribution in [-0.4, -0.2) is 25.6 Å². The van der Waals surface area contributed by atoms with Gasteiger partial charge in [-0.25, -0.2) is 9.78 Å². The van der Waals surface area contributed by atoms with Crippen LogP contribution < -0.4 is 0 Å². The third kappa shape index (κ3) is 2.09. The van der Waals surface area contributed by atoms with E-state index in [4.69, 9.17) is 0 Å². The predicted octanol–water partition coefficient (Wildman–Crippen LogP) is 2.33. The molecule has 100 valence electrons. The number of imidazole rings is 1. The minimum atomic E-state index is -1.10. The van der Waals surface area contributed by atoms with Crippen LogP contribution >= 0.6 is 0 Å². The van der Waals surface area contributed by atoms with E-state index in [-0.39, 0.29) is 11.4 Å². The van der Waals surface area contributed by atoms with Crippen molar-refractivity contribution in [2.75, 3.05) is 0 Å². The number of rotatable bonds is 3. The van der Waals surface area contributed by atoms with Gasteiger partial charge >= 0.3 is 5.97 Å². The Morgan fingerprint density at radius 3 is 2.65 bits per heavy atom. The standard InChI is InChI=1S/C15H12N2O3/c18-11-6-7-17-12(9-11)14(15(19)20)16-13(17)8-10-4-2-1-3-5-10/h1-7,9,18H,8H2,(H,19,20). The summed E-state index contributed by atoms with van der Waals surface area (Å²) in [5.41, 5.74) is 1.39. The van der Waals surface area contributed by atoms with Gasteiger partial charge in [-0.3, -0.25) is 0 Å². The van der Waals surface area contributed by atoms with Gasteiger partial charge in [-0.2, -0.15) is 0 Å². The zero-order chi connectivity index (χ0) is 14.1. The highest BCUT2D eigenvalue weighted by Gasteiger charge is 2.17. The van der Waals surface area contributed by atoms with Crippen molar-refractivity contribution in [2.24, 2.45) is 0 Å². The van der Waals surface area contributed by atoms with Crippen molar-refractivity contribution in [1.29, 1.82) is 0 Å². The van der Waals surface area contributed by atoms with Crippen molar-refractivity contribution >= 4 is 11.5 Å². The molecule has 0 bridgehead atoms. The minimum Gasteiger partial charge on any atom is -0.508 e. The van der Waals surface area contributed by atoms with Gasteiger partial charge in [-0.05, 0) is 11.6 Å². The third-order valence-corrected chi connectivity index (χ3v) is 3.11. The first-order valence-corrected chi connectivity index (χ1v) is 6.12. The van der Waals surface area contributed by atoms with Crippen LogP contribution in [0.2, 0.25) is 0 Å². The number of carboxylic acid groups (broad SMARTS) is 1. The molecule has 0 fully saturated rings. The van der Waals surface area contributed by atoms with E-state index in [1.165, 1.54) is 12.1 Å². The quantitative estimate of drug-likeness (QED) is 0.764. The van der Waals surface area contributed by atoms with E-state index in [0.717, 1.165) is 5.56 Å². The van der Waals surface area contributed by atoms with Crippen LogP contribution in [0.15, 0.2) is 48.7 Å². The summed E-state index contributed by atoms with van der Waals surface area (Å²) in [5.74, 6) is -0.456. The van der Waals surface area contributed by atoms with Gasteiger partial charge in [0.15, 0.2) is 5.69 Å². The Bertz CT molecular complexity index is 778. The van der Waals surface area contributed by atoms with Gasteiger partial charge in [-0.1, -0.05) is 30.3 Å². The van der Waals surface area contributed by atoms with E-state index < -0.39 is 5.97 Å². The molecule has 5 heteroatoms. The fraction of sp³-hybridized carbons (Fsp3) is 0.0667. The first kappa shape index (κ1) is 12.2. The molecule has 2 aromatic heterocycles. The predicted molar refractivity (Wildman–Crippen MR) is 73.1 cm³/mol. The van der Waals surface area contributed by atoms with E-state index >= 15 is 0 Å². The smallest absolute Gasteiger partial charge is 0.356 e. The third-order valence-electron chi connectivity index (χ3n) is 3.11. The fourth-order valence-electron chi connectivity index (χ4n) is 2.20. The van der Waals surface area contributed by atoms with Crippen LogP contribution in [0.1, 0.15) is 21.9 Å². The Hall–Kier alpha value is -2.82. The van der Waals surface area contributed by atoms with Gasteiger partial charge in [-0.15, -0.1) is 0 Å². The Labute approximate surface area is 114 Å². The van der Waals surface area contributed by atoms with Crippen molar-refractivity contribution in [1.82, 2.24) is 9.38 Å². The maximum Gasteiger partial charge on any atom is 0.356 e. The summed E-state index contributed by atoms with van der Waals surface area (Å²) in [4.78, 5) is 15.4. The lowest BCUT2D eigenvalue weighted by Gasteiger charge is -2.01. The van der Waals surface area contributed by atoms with E-state index in [1.54, 1.807) is 10.6 Å². The highest BCUT2D eigenvalue weighted by Crippen LogP contribution is 2.20. The molecule has 2 heterocycles. The maximum absolute atomic E-state index is 11.2. The molecule has 0 atom stereocenters. The molecule has 20 heavy (non-hydrogen) atoms. The van der Waals surface area contributed by atoms with Crippen LogP contribution in [0.3, 0.4) is 0 Å². The second-order valence-corrected chi connectivity index (χ2v) is 4.48. The van der Waals surface area contributed by atoms with E-state index in [1.807, 2.05) is 30.3 Å². The molecular formula is C15H12N2O3. The van der Waals surface area contributed by atoms with Gasteiger partial charge < -0.3 is 14.6 Å². The molecule has 3 aromatic rings. The first-order valence-electron chi connectivity index (χ1n) is 6.12. The molecule has 0 saturated carbocycles. The highest BCUT2D eigenvalue weighted by molar-refractivity contribution is 5.94. The Morgan fingerprint density at radius 2 is 1.95 bits per heavy atom. The molecule has 0 radical (unpaired) electrons. The molecule has 0 saturated heterocycles. The largest absolute Gasteiger partial charge is 0.508 e. The number of aromatic hydroxyl groups is 1. The lowest BCUT2D eigenvalue weighted by atomic mass is 10.1. The van der Waals surface area contributed by atoms with Crippen LogP contribution in [0.5, 0.6) is 5.75 Å². The van der Waals surface area contributed by atoms with Crippen molar-refractivity contribution in [3.05, 3.63) is 65.7 Å². The Balaban J connectivity index is 2.14. The van der Waals surface area contributed by atoms with Crippen LogP contribution in [0, 0.1) is 0 Å². The molecule has 0 unspecified atom stereocenters. The van der Waals surface area contributed by atoms with Crippen molar-refractivity contribution < 1.29 is 15.0 Å². The number of aromatic nitrogens is 2. The number of benzene rings is 1. The lowest BCUT2D eigenvalue weighted by Crippen LogP contribution is -1.97. The number of fused-ring (bicyclic) bond motifs is 1. The molecule has 0 spiro atoms. The van der Waals surface area contributed by atoms with E-state index in [0.29, 0.717) is 17.8 Å². The number of aromatic carboxylic acids is 1. The molecule has 3 rings (SSSR count). The molecule has 0 aliphatic heterocycles. The van der Waals surface area contributed by atoms with Crippen molar-refractivity contribution in [3.8, 4) is 5.75 Å². The minimum absolute atomic E-state index is 0.0196. The Morgan fingerprint density at radius 1 is 1.20 bits per heavy atom. The summed E-state index contributed by atoms with van der Waals surface area (Å²) in [5, 5.41) is 18.7. The summed E-state index contributed by atoms with van der Waals surface area (Å²) in [6.07, 6.45) is 2.16. The van der Waals surface area contributed by atoms with E-state index in [2.05, 4.69) is 4.98 Å². The van der Waals surface area contributed by atoms with Gasteiger partial charge in [0.25, 0.3) is 0 Å². The SMILES string of the molecule is O=C(O)c1nc(Cc2ccccc2)n2ccc(O)cc12. The summed E-state index contributed by atoms with van der Waals surface area (Å²) in [7, 11) is 0. The molecule has 0 aliphatic carbocycles. The van der Waals surface area contributed by atoms with Crippen LogP contribution in [-0.2, 0) is 6.42 Å². The summed E-state index contributed by atoms with van der Waals surface area (Å²) in [6.45, 7) is 0. The second-order valence-electron chi connectivity index (χ2n) is 4.48. The molecule has 0 amide bonds. The summed E-state index contributed by atoms with van der Waals surface area (Å²) < 4.78 is 1.69. The molecule has 2 N–H and O–H groups in total. The Kier molecular flexibility index (Phi) is 2.87. The zero-order valence-corrected chi connectivity index (χ0v) is 10.5. The van der Waals surface area contributed by atoms with Gasteiger partial charge in [0, 0.05) is 18.7 Å². The molecule has 1 aromatic carbocycles. The number of carboxylic acids is 1. The first-order chi connectivity index (χ1) is 9.65. The zero-order valence-electron chi connectivity index (χ0n) is 10.5. The second kappa shape index (κ2) is 4.70. The number of carbonyl (C=O) groups is 1. The number of hydrogen-bond donors (Lipinski definition) is 2. The van der Waals surface area contributed by atoms with Gasteiger partial charge in [0.1, 0.15) is 11.6 Å². The topological polar surface area (TPSA) is 74.8 Å². The van der Waals surface area contributed by atoms with Crippen molar-refractivity contribution in [3.63, 3.8) is 0 Å². The number of hydrogen-bond acceptors (Lipinski definition) is 3. The summed E-state index contributed by atoms with van der Waals surface area (Å²) in [6, 6.07) is 12.6. The number of nitrogens with zero attached hydrogens (tertiary/aromatic N) is 2. The van der Waals surface area contributed by atoms with Gasteiger partial charge in [0.05, 0.1) is 5.52 Å². The molecular weight excluding hydrogens is 256 g/mol. The fourth-order valence-corrected chi connectivity index (χ4v) is 2.20. The monoisotopic (exact) mass is 268 g/mol. The van der Waals surface area contributed by atoms with E-state index in [9.17, 15) is 15.0 Å². The average molecular weight is 268 g/mol. The van der Waals surface area contributed by atoms with Crippen LogP contribution in [0.25, 0.3) is 5.52 Å².